The van der Waals surface area contributed by atoms with Crippen molar-refractivity contribution in [1.29, 1.82) is 0 Å². The number of carbonyl (C=O) groups excluding carboxylic acids is 3. The molecule has 0 aromatic heterocycles. The number of amides is 3. The molecular weight excluding hydrogens is 502 g/mol. The normalized spacial score (nSPS) is 12.6. The topological polar surface area (TPSA) is 87.7 Å². The Labute approximate surface area is 230 Å². The monoisotopic (exact) mass is 537 g/mol. The van der Waals surface area contributed by atoms with E-state index in [4.69, 9.17) is 22.8 Å². The van der Waals surface area contributed by atoms with Gasteiger partial charge >= 0.3 is 6.09 Å². The summed E-state index contributed by atoms with van der Waals surface area (Å²) in [5.74, 6) is 1.30. The van der Waals surface area contributed by atoms with E-state index in [1.165, 1.54) is 11.0 Å². The smallest absolute Gasteiger partial charge is 0.408 e. The first-order chi connectivity index (χ1) is 17.8. The van der Waals surface area contributed by atoms with Crippen LogP contribution >= 0.6 is 11.6 Å². The van der Waals surface area contributed by atoms with E-state index in [1.807, 2.05) is 13.0 Å². The Morgan fingerprint density at radius 2 is 1.79 bits per heavy atom. The van der Waals surface area contributed by atoms with Gasteiger partial charge < -0.3 is 20.3 Å². The second-order valence-electron chi connectivity index (χ2n) is 10.2. The molecule has 0 saturated heterocycles. The number of hydrogen-bond donors (Lipinski definition) is 2. The lowest BCUT2D eigenvalue weighted by atomic mass is 9.98. The van der Waals surface area contributed by atoms with Crippen LogP contribution in [0.4, 0.5) is 10.5 Å². The minimum atomic E-state index is -1.08. The number of nitrogens with zero attached hydrogens (tertiary/aromatic N) is 1. The zero-order valence-electron chi connectivity index (χ0n) is 22.8. The van der Waals surface area contributed by atoms with Crippen LogP contribution in [0.3, 0.4) is 0 Å². The molecule has 8 heteroatoms. The Bertz CT molecular complexity index is 1190. The minimum Gasteiger partial charge on any atom is -0.444 e. The maximum Gasteiger partial charge on any atom is 0.408 e. The third-order valence-corrected chi connectivity index (χ3v) is 5.95. The molecule has 0 spiro atoms. The van der Waals surface area contributed by atoms with Crippen LogP contribution in [-0.4, -0.2) is 41.0 Å². The lowest BCUT2D eigenvalue weighted by Crippen LogP contribution is -2.54. The van der Waals surface area contributed by atoms with Gasteiger partial charge in [0.15, 0.2) is 0 Å². The number of ether oxygens (including phenoxy) is 1. The highest BCUT2D eigenvalue weighted by Gasteiger charge is 2.37. The molecule has 7 nitrogen and oxygen atoms in total. The summed E-state index contributed by atoms with van der Waals surface area (Å²) < 4.78 is 5.38. The van der Waals surface area contributed by atoms with E-state index in [2.05, 4.69) is 23.1 Å². The van der Waals surface area contributed by atoms with Gasteiger partial charge in [0.05, 0.1) is 10.7 Å². The van der Waals surface area contributed by atoms with E-state index < -0.39 is 35.6 Å². The van der Waals surface area contributed by atoms with Gasteiger partial charge in [0.2, 0.25) is 5.91 Å². The molecule has 3 amide bonds. The fourth-order valence-corrected chi connectivity index (χ4v) is 4.07. The van der Waals surface area contributed by atoms with Gasteiger partial charge in [-0.05, 0) is 62.9 Å². The van der Waals surface area contributed by atoms with Crippen LogP contribution < -0.4 is 10.6 Å². The van der Waals surface area contributed by atoms with Gasteiger partial charge in [-0.15, -0.1) is 13.0 Å². The number of anilines is 1. The summed E-state index contributed by atoms with van der Waals surface area (Å²) in [5.41, 5.74) is 1.62. The molecule has 0 aliphatic rings. The predicted octanol–water partition coefficient (Wildman–Crippen LogP) is 5.87. The van der Waals surface area contributed by atoms with Gasteiger partial charge in [0.1, 0.15) is 17.7 Å². The largest absolute Gasteiger partial charge is 0.444 e. The molecule has 0 fully saturated rings. The van der Waals surface area contributed by atoms with Gasteiger partial charge in [0, 0.05) is 12.1 Å². The van der Waals surface area contributed by atoms with Crippen LogP contribution in [0.25, 0.3) is 0 Å². The quantitative estimate of drug-likeness (QED) is 0.309. The van der Waals surface area contributed by atoms with Crippen molar-refractivity contribution < 1.29 is 19.1 Å². The maximum absolute atomic E-state index is 14.0. The minimum absolute atomic E-state index is 0.0362. The number of terminal acetylenes is 1. The fourth-order valence-electron chi connectivity index (χ4n) is 3.80. The first kappa shape index (κ1) is 30.5. The highest BCUT2D eigenvalue weighted by atomic mass is 35.5. The van der Waals surface area contributed by atoms with Crippen molar-refractivity contribution >= 4 is 35.2 Å². The van der Waals surface area contributed by atoms with Crippen LogP contribution in [0.1, 0.15) is 57.4 Å². The first-order valence-corrected chi connectivity index (χ1v) is 12.7. The van der Waals surface area contributed by atoms with E-state index in [0.29, 0.717) is 21.8 Å². The fraction of sp³-hybridized carbons (Fsp3) is 0.367. The second-order valence-corrected chi connectivity index (χ2v) is 10.6. The molecule has 38 heavy (non-hydrogen) atoms. The van der Waals surface area contributed by atoms with E-state index in [0.717, 1.165) is 5.56 Å². The first-order valence-electron chi connectivity index (χ1n) is 12.3. The molecule has 2 rings (SSSR count). The standard InChI is InChI=1S/C30H36ClN3O4/c1-9-18-34(28(36)24(19(3)4)33-29(37)38-30(6,7)8)26(22-16-14-21(10-2)15-17-22)27(35)32-25-20(5)12-11-13-23(25)31/h2,9,11-17,19,24,26H,1,18H2,3-8H3,(H,32,35)(H,33,37). The molecule has 0 saturated carbocycles. The summed E-state index contributed by atoms with van der Waals surface area (Å²) in [5, 5.41) is 5.93. The Kier molecular flexibility index (Phi) is 10.5. The number of carbonyl (C=O) groups is 3. The van der Waals surface area contributed by atoms with Crippen molar-refractivity contribution in [2.75, 3.05) is 11.9 Å². The van der Waals surface area contributed by atoms with E-state index >= 15 is 0 Å². The number of nitrogens with one attached hydrogen (secondary N) is 2. The Morgan fingerprint density at radius 1 is 1.16 bits per heavy atom. The van der Waals surface area contributed by atoms with E-state index in [-0.39, 0.29) is 12.5 Å². The zero-order valence-corrected chi connectivity index (χ0v) is 23.6. The number of halogens is 1. The van der Waals surface area contributed by atoms with Crippen LogP contribution in [0, 0.1) is 25.2 Å². The molecule has 0 heterocycles. The zero-order chi connectivity index (χ0) is 28.6. The number of aryl methyl sites for hydroxylation is 1. The lowest BCUT2D eigenvalue weighted by Gasteiger charge is -2.35. The predicted molar refractivity (Wildman–Crippen MR) is 152 cm³/mol. The molecule has 2 aromatic carbocycles. The summed E-state index contributed by atoms with van der Waals surface area (Å²) >= 11 is 6.37. The van der Waals surface area contributed by atoms with Gasteiger partial charge in [-0.3, -0.25) is 9.59 Å². The van der Waals surface area contributed by atoms with Crippen LogP contribution in [0.15, 0.2) is 55.1 Å². The third-order valence-electron chi connectivity index (χ3n) is 5.64. The van der Waals surface area contributed by atoms with Crippen molar-refractivity contribution in [2.24, 2.45) is 5.92 Å². The summed E-state index contributed by atoms with van der Waals surface area (Å²) in [6.45, 7) is 14.5. The highest BCUT2D eigenvalue weighted by Crippen LogP contribution is 2.30. The number of hydrogen-bond acceptors (Lipinski definition) is 4. The number of alkyl carbamates (subject to hydrolysis) is 1. The Balaban J connectivity index is 2.55. The second kappa shape index (κ2) is 13.2. The molecule has 2 N–H and O–H groups in total. The van der Waals surface area contributed by atoms with Gasteiger partial charge in [-0.25, -0.2) is 4.79 Å². The maximum atomic E-state index is 14.0. The summed E-state index contributed by atoms with van der Waals surface area (Å²) in [6.07, 6.45) is 6.32. The molecular formula is C30H36ClN3O4. The molecule has 2 unspecified atom stereocenters. The number of para-hydroxylation sites is 1. The molecule has 0 bridgehead atoms. The molecule has 2 atom stereocenters. The average Bonchev–Trinajstić information content (AvgIpc) is 2.83. The summed E-state index contributed by atoms with van der Waals surface area (Å²) in [7, 11) is 0. The van der Waals surface area contributed by atoms with Crippen LogP contribution in [0.2, 0.25) is 5.02 Å². The van der Waals surface area contributed by atoms with E-state index in [9.17, 15) is 14.4 Å². The van der Waals surface area contributed by atoms with Crippen molar-refractivity contribution in [3.8, 4) is 12.3 Å². The summed E-state index contributed by atoms with van der Waals surface area (Å²) in [6, 6.07) is 10.0. The average molecular weight is 538 g/mol. The Hall–Kier alpha value is -3.76. The lowest BCUT2D eigenvalue weighted by molar-refractivity contribution is -0.141. The highest BCUT2D eigenvalue weighted by molar-refractivity contribution is 6.34. The van der Waals surface area contributed by atoms with Gasteiger partial charge in [0.25, 0.3) is 5.91 Å². The van der Waals surface area contributed by atoms with Crippen molar-refractivity contribution in [2.45, 2.75) is 59.2 Å². The molecule has 0 aliphatic heterocycles. The number of benzene rings is 2. The van der Waals surface area contributed by atoms with Gasteiger partial charge in [-0.2, -0.15) is 0 Å². The third kappa shape index (κ3) is 8.12. The van der Waals surface area contributed by atoms with Crippen molar-refractivity contribution in [3.63, 3.8) is 0 Å². The van der Waals surface area contributed by atoms with Gasteiger partial charge in [-0.1, -0.05) is 61.7 Å². The SMILES string of the molecule is C#Cc1ccc(C(C(=O)Nc2c(C)cccc2Cl)N(CC=C)C(=O)C(NC(=O)OC(C)(C)C)C(C)C)cc1. The molecule has 2 aromatic rings. The molecule has 0 aliphatic carbocycles. The van der Waals surface area contributed by atoms with Crippen molar-refractivity contribution in [3.05, 3.63) is 76.8 Å². The van der Waals surface area contributed by atoms with Crippen molar-refractivity contribution in [1.82, 2.24) is 10.2 Å². The molecule has 202 valence electrons. The molecule has 0 radical (unpaired) electrons. The summed E-state index contributed by atoms with van der Waals surface area (Å²) in [4.78, 5) is 41.8. The van der Waals surface area contributed by atoms with Crippen LogP contribution in [-0.2, 0) is 14.3 Å². The van der Waals surface area contributed by atoms with Crippen LogP contribution in [0.5, 0.6) is 0 Å². The Morgan fingerprint density at radius 3 is 2.29 bits per heavy atom. The number of rotatable bonds is 9. The van der Waals surface area contributed by atoms with E-state index in [1.54, 1.807) is 71.0 Å².